The zero-order valence-corrected chi connectivity index (χ0v) is 15.9. The summed E-state index contributed by atoms with van der Waals surface area (Å²) in [6.07, 6.45) is 0. The molecule has 3 aromatic rings. The average Bonchev–Trinajstić information content (AvgIpc) is 2.71. The lowest BCUT2D eigenvalue weighted by Crippen LogP contribution is -2.43. The number of anilines is 1. The molecule has 0 aromatic heterocycles. The summed E-state index contributed by atoms with van der Waals surface area (Å²) < 4.78 is 16.5. The number of hydrogen-bond donors (Lipinski definition) is 0. The average molecular weight is 361 g/mol. The lowest BCUT2D eigenvalue weighted by Gasteiger charge is -2.46. The molecule has 0 aliphatic carbocycles. The van der Waals surface area contributed by atoms with Crippen LogP contribution in [-0.2, 0) is 0 Å². The van der Waals surface area contributed by atoms with Gasteiger partial charge in [-0.15, -0.1) is 0 Å². The van der Waals surface area contributed by atoms with Crippen LogP contribution >= 0.6 is 0 Å². The largest absolute Gasteiger partial charge is 0.493 e. The lowest BCUT2D eigenvalue weighted by molar-refractivity contribution is 0.324. The van der Waals surface area contributed by atoms with Gasteiger partial charge < -0.3 is 19.1 Å². The second-order valence-electron chi connectivity index (χ2n) is 6.64. The molecular weight excluding hydrogens is 338 g/mol. The van der Waals surface area contributed by atoms with Crippen LogP contribution in [0.1, 0.15) is 11.6 Å². The molecule has 3 aromatic carbocycles. The number of nitrogens with zero attached hydrogens (tertiary/aromatic N) is 1. The third-order valence-corrected chi connectivity index (χ3v) is 5.17. The highest BCUT2D eigenvalue weighted by Gasteiger charge is 2.35. The summed E-state index contributed by atoms with van der Waals surface area (Å²) in [5.74, 6) is 1.91. The molecule has 27 heavy (non-hydrogen) atoms. The first kappa shape index (κ1) is 17.3. The van der Waals surface area contributed by atoms with Crippen molar-refractivity contribution in [2.24, 2.45) is 0 Å². The number of rotatable bonds is 5. The van der Waals surface area contributed by atoms with E-state index in [1.54, 1.807) is 21.3 Å². The van der Waals surface area contributed by atoms with E-state index in [9.17, 15) is 0 Å². The fourth-order valence-electron chi connectivity index (χ4n) is 3.85. The number of ether oxygens (including phenoxy) is 3. The summed E-state index contributed by atoms with van der Waals surface area (Å²) in [5.41, 5.74) is 3.48. The van der Waals surface area contributed by atoms with Crippen LogP contribution in [0.25, 0.3) is 10.8 Å². The first-order valence-corrected chi connectivity index (χ1v) is 8.90. The molecule has 0 spiro atoms. The number of methoxy groups -OCH3 is 3. The van der Waals surface area contributed by atoms with E-state index >= 15 is 0 Å². The molecule has 0 saturated carbocycles. The van der Waals surface area contributed by atoms with E-state index in [1.165, 1.54) is 21.9 Å². The summed E-state index contributed by atoms with van der Waals surface area (Å²) >= 11 is 0. The molecule has 1 unspecified atom stereocenters. The maximum atomic E-state index is 5.52. The van der Waals surface area contributed by atoms with Crippen LogP contribution in [0, 0.1) is 0 Å². The van der Waals surface area contributed by atoms with E-state index in [2.05, 4.69) is 53.9 Å². The fourth-order valence-corrected chi connectivity index (χ4v) is 3.85. The molecule has 1 atom stereocenters. The highest BCUT2D eigenvalue weighted by molar-refractivity contribution is 5.87. The Kier molecular flexibility index (Phi) is 4.40. The minimum atomic E-state index is 0.124. The highest BCUT2D eigenvalue weighted by atomic mass is 16.5. The van der Waals surface area contributed by atoms with Crippen molar-refractivity contribution in [2.45, 2.75) is 6.04 Å². The molecule has 1 saturated heterocycles. The van der Waals surface area contributed by atoms with Crippen LogP contribution in [-0.4, -0.2) is 27.9 Å². The molecule has 1 heterocycles. The normalized spacial score (nSPS) is 16.2. The molecule has 0 amide bonds. The molecule has 4 nitrogen and oxygen atoms in total. The quantitative estimate of drug-likeness (QED) is 0.600. The maximum absolute atomic E-state index is 5.52. The molecule has 4 heteroatoms. The Bertz CT molecular complexity index is 981. The van der Waals surface area contributed by atoms with Crippen molar-refractivity contribution in [1.29, 1.82) is 0 Å². The Balaban J connectivity index is 1.80. The van der Waals surface area contributed by atoms with Crippen LogP contribution in [0.15, 0.2) is 66.7 Å². The second-order valence-corrected chi connectivity index (χ2v) is 6.64. The second kappa shape index (κ2) is 6.88. The number of hydrogen-bond acceptors (Lipinski definition) is 4. The Morgan fingerprint density at radius 3 is 2.19 bits per heavy atom. The van der Waals surface area contributed by atoms with Gasteiger partial charge in [-0.1, -0.05) is 49.0 Å². The van der Waals surface area contributed by atoms with Crippen LogP contribution in [0.5, 0.6) is 17.2 Å². The first-order chi connectivity index (χ1) is 13.2. The van der Waals surface area contributed by atoms with Crippen molar-refractivity contribution in [3.63, 3.8) is 0 Å². The molecule has 1 aliphatic heterocycles. The van der Waals surface area contributed by atoms with Crippen molar-refractivity contribution in [1.82, 2.24) is 0 Å². The van der Waals surface area contributed by atoms with E-state index in [-0.39, 0.29) is 6.04 Å². The summed E-state index contributed by atoms with van der Waals surface area (Å²) in [6.45, 7) is 5.09. The van der Waals surface area contributed by atoms with E-state index in [4.69, 9.17) is 14.2 Å². The predicted octanol–water partition coefficient (Wildman–Crippen LogP) is 4.98. The van der Waals surface area contributed by atoms with Crippen molar-refractivity contribution < 1.29 is 14.2 Å². The van der Waals surface area contributed by atoms with E-state index < -0.39 is 0 Å². The Morgan fingerprint density at radius 1 is 0.889 bits per heavy atom. The van der Waals surface area contributed by atoms with E-state index in [0.717, 1.165) is 12.2 Å². The smallest absolute Gasteiger partial charge is 0.203 e. The van der Waals surface area contributed by atoms with Crippen molar-refractivity contribution in [2.75, 3.05) is 32.8 Å². The number of fused-ring (bicyclic) bond motifs is 1. The Morgan fingerprint density at radius 2 is 1.56 bits per heavy atom. The minimum absolute atomic E-state index is 0.124. The lowest BCUT2D eigenvalue weighted by atomic mass is 9.86. The Hall–Kier alpha value is -3.14. The van der Waals surface area contributed by atoms with Gasteiger partial charge in [0.1, 0.15) is 0 Å². The summed E-state index contributed by atoms with van der Waals surface area (Å²) in [4.78, 5) is 2.31. The molecule has 138 valence electrons. The van der Waals surface area contributed by atoms with Gasteiger partial charge in [0.05, 0.1) is 27.4 Å². The van der Waals surface area contributed by atoms with Gasteiger partial charge >= 0.3 is 0 Å². The van der Waals surface area contributed by atoms with Crippen LogP contribution in [0.3, 0.4) is 0 Å². The molecule has 1 aliphatic rings. The van der Waals surface area contributed by atoms with E-state index in [0.29, 0.717) is 17.2 Å². The van der Waals surface area contributed by atoms with Crippen molar-refractivity contribution in [3.05, 3.63) is 72.3 Å². The van der Waals surface area contributed by atoms with Crippen LogP contribution in [0.2, 0.25) is 0 Å². The highest BCUT2D eigenvalue weighted by Crippen LogP contribution is 2.48. The minimum Gasteiger partial charge on any atom is -0.493 e. The Labute approximate surface area is 159 Å². The zero-order chi connectivity index (χ0) is 19.0. The maximum Gasteiger partial charge on any atom is 0.203 e. The van der Waals surface area contributed by atoms with Crippen molar-refractivity contribution >= 4 is 16.5 Å². The van der Waals surface area contributed by atoms with Gasteiger partial charge in [0.25, 0.3) is 0 Å². The number of benzene rings is 3. The first-order valence-electron chi connectivity index (χ1n) is 8.90. The van der Waals surface area contributed by atoms with Gasteiger partial charge in [-0.2, -0.15) is 0 Å². The molecule has 0 bridgehead atoms. The summed E-state index contributed by atoms with van der Waals surface area (Å²) in [6, 6.07) is 19.0. The monoisotopic (exact) mass is 361 g/mol. The summed E-state index contributed by atoms with van der Waals surface area (Å²) in [5, 5.41) is 2.49. The third-order valence-electron chi connectivity index (χ3n) is 5.17. The van der Waals surface area contributed by atoms with Gasteiger partial charge in [0.2, 0.25) is 5.75 Å². The van der Waals surface area contributed by atoms with Gasteiger partial charge in [-0.05, 0) is 21.9 Å². The van der Waals surface area contributed by atoms with Gasteiger partial charge in [-0.3, -0.25) is 0 Å². The molecule has 1 fully saturated rings. The molecule has 4 rings (SSSR count). The summed E-state index contributed by atoms with van der Waals surface area (Å²) in [7, 11) is 4.89. The van der Waals surface area contributed by atoms with E-state index in [1.807, 2.05) is 12.1 Å². The standard InChI is InChI=1S/C23H23NO3/c1-15-14-24(17-12-20(25-2)23(27-4)21(13-17)26-3)22(15)19-11-7-9-16-8-5-6-10-18(16)19/h5-13,22H,1,14H2,2-4H3. The molecular formula is C23H23NO3. The topological polar surface area (TPSA) is 30.9 Å². The third kappa shape index (κ3) is 2.78. The fraction of sp³-hybridized carbons (Fsp3) is 0.217. The predicted molar refractivity (Wildman–Crippen MR) is 109 cm³/mol. The van der Waals surface area contributed by atoms with Gasteiger partial charge in [0.15, 0.2) is 11.5 Å². The van der Waals surface area contributed by atoms with Gasteiger partial charge in [0, 0.05) is 24.4 Å². The van der Waals surface area contributed by atoms with Gasteiger partial charge in [-0.25, -0.2) is 0 Å². The van der Waals surface area contributed by atoms with Crippen molar-refractivity contribution in [3.8, 4) is 17.2 Å². The zero-order valence-electron chi connectivity index (χ0n) is 15.9. The molecule has 0 radical (unpaired) electrons. The van der Waals surface area contributed by atoms with Crippen LogP contribution in [0.4, 0.5) is 5.69 Å². The molecule has 0 N–H and O–H groups in total. The van der Waals surface area contributed by atoms with Crippen LogP contribution < -0.4 is 19.1 Å². The SMILES string of the molecule is C=C1CN(c2cc(OC)c(OC)c(OC)c2)C1c1cccc2ccccc12.